The first-order valence-corrected chi connectivity index (χ1v) is 14.1. The van der Waals surface area contributed by atoms with E-state index in [1.807, 2.05) is 21.1 Å². The molecule has 0 aliphatic rings. The van der Waals surface area contributed by atoms with Gasteiger partial charge in [-0.1, -0.05) is 96.6 Å². The molecule has 0 N–H and O–H groups in total. The lowest BCUT2D eigenvalue weighted by atomic mass is 9.99. The number of rotatable bonds is 21. The van der Waals surface area contributed by atoms with Gasteiger partial charge >= 0.3 is 7.68 Å². The molecule has 0 aromatic rings. The molecule has 30 heavy (non-hydrogen) atoms. The maximum absolute atomic E-state index is 12.1. The van der Waals surface area contributed by atoms with Crippen molar-refractivity contribution in [1.82, 2.24) is 0 Å². The number of hydrogen-bond acceptors (Lipinski definition) is 2. The van der Waals surface area contributed by atoms with Crippen LogP contribution in [0, 0.1) is 0 Å². The van der Waals surface area contributed by atoms with E-state index in [0.717, 1.165) is 25.7 Å². The summed E-state index contributed by atoms with van der Waals surface area (Å²) in [5, 5.41) is -0.588. The van der Waals surface area contributed by atoms with E-state index in [9.17, 15) is 9.13 Å². The topological polar surface area (TPSA) is 34.1 Å². The molecule has 0 radical (unpaired) electrons. The average Bonchev–Trinajstić information content (AvgIpc) is 2.68. The van der Waals surface area contributed by atoms with Gasteiger partial charge in [-0.05, 0) is 32.1 Å². The van der Waals surface area contributed by atoms with Crippen LogP contribution in [0.1, 0.15) is 129 Å². The summed E-state index contributed by atoms with van der Waals surface area (Å²) in [6.07, 6.45) is 26.7. The van der Waals surface area contributed by atoms with Gasteiger partial charge in [-0.25, -0.2) is 9.13 Å². The Morgan fingerprint density at radius 1 is 0.600 bits per heavy atom. The fourth-order valence-electron chi connectivity index (χ4n) is 4.44. The Morgan fingerprint density at radius 3 is 1.43 bits per heavy atom. The first-order chi connectivity index (χ1) is 14.3. The van der Waals surface area contributed by atoms with Gasteiger partial charge in [-0.15, -0.1) is 0 Å². The Bertz CT molecular complexity index is 486. The molecule has 0 spiro atoms. The molecule has 0 fully saturated rings. The Labute approximate surface area is 189 Å². The fraction of sp³-hybridized carbons (Fsp3) is 0.923. The molecular formula is C26H53NO2P+. The van der Waals surface area contributed by atoms with Crippen LogP contribution >= 0.6 is 7.68 Å². The van der Waals surface area contributed by atoms with Crippen molar-refractivity contribution < 1.29 is 13.6 Å². The number of quaternary nitrogens is 1. The standard InChI is InChI=1S/C26H53NO2P/c1-6-8-9-10-11-12-13-14-15-16-17-18-19-20-21-22-23-25-26(24-7-2,30(28)29)27(3,4)5/h10-11H,6-9,12-25H2,1-5H3/q+1. The molecule has 178 valence electrons. The highest BCUT2D eigenvalue weighted by molar-refractivity contribution is 7.32. The van der Waals surface area contributed by atoms with E-state index in [2.05, 4.69) is 26.0 Å². The Balaban J connectivity index is 3.68. The van der Waals surface area contributed by atoms with Crippen LogP contribution in [0.5, 0.6) is 0 Å². The first kappa shape index (κ1) is 29.6. The summed E-state index contributed by atoms with van der Waals surface area (Å²) in [6.45, 7) is 4.34. The molecule has 0 aliphatic heterocycles. The van der Waals surface area contributed by atoms with Crippen LogP contribution < -0.4 is 0 Å². The molecule has 4 heteroatoms. The number of nitrogens with zero attached hydrogens (tertiary/aromatic N) is 1. The predicted octanol–water partition coefficient (Wildman–Crippen LogP) is 9.18. The van der Waals surface area contributed by atoms with Gasteiger partial charge in [-0.2, -0.15) is 0 Å². The SMILES string of the molecule is CCCCC=CCCCCCCCCCCCCCC(CCC)(P(=O)=O)[N+](C)(C)C. The molecule has 0 amide bonds. The van der Waals surface area contributed by atoms with Crippen molar-refractivity contribution in [3.05, 3.63) is 12.2 Å². The Morgan fingerprint density at radius 2 is 1.03 bits per heavy atom. The third kappa shape index (κ3) is 13.1. The van der Waals surface area contributed by atoms with Gasteiger partial charge in [0.15, 0.2) is 0 Å². The van der Waals surface area contributed by atoms with Crippen molar-refractivity contribution in [2.24, 2.45) is 0 Å². The lowest BCUT2D eigenvalue weighted by Crippen LogP contribution is -2.53. The molecule has 0 heterocycles. The number of hydrogen-bond donors (Lipinski definition) is 0. The van der Waals surface area contributed by atoms with Crippen molar-refractivity contribution in [2.45, 2.75) is 135 Å². The summed E-state index contributed by atoms with van der Waals surface area (Å²) in [6, 6.07) is 0. The highest BCUT2D eigenvalue weighted by atomic mass is 31.1. The zero-order valence-electron chi connectivity index (χ0n) is 21.1. The lowest BCUT2D eigenvalue weighted by molar-refractivity contribution is -0.908. The monoisotopic (exact) mass is 442 g/mol. The van der Waals surface area contributed by atoms with Crippen LogP contribution in [0.15, 0.2) is 12.2 Å². The summed E-state index contributed by atoms with van der Waals surface area (Å²) in [5.41, 5.74) is 0. The maximum atomic E-state index is 12.1. The molecule has 0 aromatic carbocycles. The van der Waals surface area contributed by atoms with Crippen LogP contribution in [0.2, 0.25) is 0 Å². The van der Waals surface area contributed by atoms with Crippen molar-refractivity contribution in [2.75, 3.05) is 21.1 Å². The van der Waals surface area contributed by atoms with Crippen LogP contribution in [0.4, 0.5) is 0 Å². The van der Waals surface area contributed by atoms with E-state index in [4.69, 9.17) is 0 Å². The van der Waals surface area contributed by atoms with E-state index < -0.39 is 13.0 Å². The molecule has 0 saturated heterocycles. The first-order valence-electron chi connectivity index (χ1n) is 12.9. The van der Waals surface area contributed by atoms with E-state index in [1.54, 1.807) is 0 Å². The van der Waals surface area contributed by atoms with Crippen molar-refractivity contribution in [1.29, 1.82) is 0 Å². The number of allylic oxidation sites excluding steroid dienone is 2. The van der Waals surface area contributed by atoms with Gasteiger partial charge in [0, 0.05) is 12.8 Å². The maximum Gasteiger partial charge on any atom is 0.378 e. The normalized spacial score (nSPS) is 14.3. The Hall–Kier alpha value is -0.400. The average molecular weight is 443 g/mol. The summed E-state index contributed by atoms with van der Waals surface area (Å²) in [7, 11) is 3.68. The Kier molecular flexibility index (Phi) is 18.0. The smallest absolute Gasteiger partial charge is 0.314 e. The van der Waals surface area contributed by atoms with E-state index in [-0.39, 0.29) is 0 Å². The highest BCUT2D eigenvalue weighted by Crippen LogP contribution is 2.44. The third-order valence-electron chi connectivity index (χ3n) is 6.58. The van der Waals surface area contributed by atoms with Gasteiger partial charge in [0.05, 0.1) is 21.1 Å². The zero-order valence-corrected chi connectivity index (χ0v) is 22.0. The van der Waals surface area contributed by atoms with Crippen molar-refractivity contribution in [3.63, 3.8) is 0 Å². The van der Waals surface area contributed by atoms with Crippen LogP contribution in [0.25, 0.3) is 0 Å². The second kappa shape index (κ2) is 18.2. The largest absolute Gasteiger partial charge is 0.378 e. The minimum Gasteiger partial charge on any atom is -0.314 e. The molecule has 0 saturated carbocycles. The minimum atomic E-state index is -2.42. The summed E-state index contributed by atoms with van der Waals surface area (Å²) in [4.78, 5) is 0. The van der Waals surface area contributed by atoms with Gasteiger partial charge in [0.1, 0.15) is 0 Å². The summed E-state index contributed by atoms with van der Waals surface area (Å²) >= 11 is 0. The molecular weight excluding hydrogens is 389 g/mol. The molecule has 3 nitrogen and oxygen atoms in total. The number of unbranched alkanes of at least 4 members (excludes halogenated alkanes) is 13. The van der Waals surface area contributed by atoms with Gasteiger partial charge in [0.25, 0.3) is 0 Å². The van der Waals surface area contributed by atoms with Crippen LogP contribution in [-0.2, 0) is 9.13 Å². The second-order valence-corrected chi connectivity index (χ2v) is 11.4. The predicted molar refractivity (Wildman–Crippen MR) is 133 cm³/mol. The highest BCUT2D eigenvalue weighted by Gasteiger charge is 2.47. The van der Waals surface area contributed by atoms with Crippen LogP contribution in [0.3, 0.4) is 0 Å². The van der Waals surface area contributed by atoms with Crippen molar-refractivity contribution >= 4 is 7.68 Å². The summed E-state index contributed by atoms with van der Waals surface area (Å²) < 4.78 is 24.7. The third-order valence-corrected chi connectivity index (χ3v) is 8.30. The lowest BCUT2D eigenvalue weighted by Gasteiger charge is -2.41. The zero-order chi connectivity index (χ0) is 22.7. The minimum absolute atomic E-state index is 0.523. The summed E-state index contributed by atoms with van der Waals surface area (Å²) in [5.74, 6) is 0. The van der Waals surface area contributed by atoms with E-state index in [1.165, 1.54) is 89.9 Å². The molecule has 0 bridgehead atoms. The fourth-order valence-corrected chi connectivity index (χ4v) is 5.68. The molecule has 1 atom stereocenters. The van der Waals surface area contributed by atoms with E-state index in [0.29, 0.717) is 4.48 Å². The van der Waals surface area contributed by atoms with Crippen LogP contribution in [-0.4, -0.2) is 30.9 Å². The molecule has 0 aromatic heterocycles. The second-order valence-electron chi connectivity index (χ2n) is 10.0. The molecule has 0 rings (SSSR count). The molecule has 0 aliphatic carbocycles. The molecule has 1 unspecified atom stereocenters. The van der Waals surface area contributed by atoms with Gasteiger partial charge in [-0.3, -0.25) is 0 Å². The van der Waals surface area contributed by atoms with E-state index >= 15 is 0 Å². The van der Waals surface area contributed by atoms with Crippen molar-refractivity contribution in [3.8, 4) is 0 Å². The quantitative estimate of drug-likeness (QED) is 0.0768. The van der Waals surface area contributed by atoms with Gasteiger partial charge < -0.3 is 4.48 Å². The van der Waals surface area contributed by atoms with Gasteiger partial charge in [0.2, 0.25) is 5.28 Å².